The topological polar surface area (TPSA) is 126 Å². The molecule has 8 heavy (non-hydrogen) atoms. The van der Waals surface area contributed by atoms with Crippen molar-refractivity contribution in [1.29, 1.82) is 0 Å². The molecule has 0 aliphatic rings. The second-order valence-electron chi connectivity index (χ2n) is 0.513. The monoisotopic (exact) mass is 183 g/mol. The van der Waals surface area contributed by atoms with Gasteiger partial charge >= 0.3 is 28.9 Å². The fourth-order valence-corrected chi connectivity index (χ4v) is 0. The molecule has 0 fully saturated rings. The van der Waals surface area contributed by atoms with Crippen LogP contribution in [0.25, 0.3) is 0 Å². The summed E-state index contributed by atoms with van der Waals surface area (Å²) < 4.78 is 17.1. The van der Waals surface area contributed by atoms with Crippen molar-refractivity contribution < 1.29 is 45.8 Å². The van der Waals surface area contributed by atoms with Crippen LogP contribution >= 0.6 is 7.82 Å². The van der Waals surface area contributed by atoms with Crippen molar-refractivity contribution in [3.63, 3.8) is 0 Å². The van der Waals surface area contributed by atoms with Gasteiger partial charge in [0.1, 0.15) is 0 Å². The van der Waals surface area contributed by atoms with Gasteiger partial charge in [-0.25, -0.2) is 4.57 Å². The van der Waals surface area contributed by atoms with Gasteiger partial charge in [0.05, 0.1) is 0 Å². The average Bonchev–Trinajstić information content (AvgIpc) is 1.36. The standard InChI is InChI=1S/H3O4P.H2O.O.V/c1-5(2,3)4;;;/h(H3,1,2,3,4);1H2;;. The molecule has 0 saturated heterocycles. The Hall–Kier alpha value is 0.454. The average molecular weight is 183 g/mol. The van der Waals surface area contributed by atoms with Gasteiger partial charge in [-0.2, -0.15) is 0 Å². The Morgan fingerprint density at radius 1 is 1.12 bits per heavy atom. The maximum atomic E-state index is 8.88. The Balaban J connectivity index is -0.0000000750. The Bertz CT molecular complexity index is 64.3. The summed E-state index contributed by atoms with van der Waals surface area (Å²) in [6, 6.07) is 0. The third-order valence-electron chi connectivity index (χ3n) is 0. The van der Waals surface area contributed by atoms with Crippen molar-refractivity contribution in [3.05, 3.63) is 0 Å². The summed E-state index contributed by atoms with van der Waals surface area (Å²) in [6.45, 7) is 0. The summed E-state index contributed by atoms with van der Waals surface area (Å²) in [7, 11) is -4.64. The minimum absolute atomic E-state index is 0. The first-order valence-corrected chi connectivity index (χ1v) is 3.10. The summed E-state index contributed by atoms with van der Waals surface area (Å²) in [4.78, 5) is 21.6. The summed E-state index contributed by atoms with van der Waals surface area (Å²) in [6.07, 6.45) is 0. The first kappa shape index (κ1) is 15.8. The Labute approximate surface area is 54.3 Å². The van der Waals surface area contributed by atoms with Crippen molar-refractivity contribution in [2.24, 2.45) is 0 Å². The van der Waals surface area contributed by atoms with Gasteiger partial charge < -0.3 is 20.2 Å². The molecule has 0 saturated carbocycles. The molecule has 6 nitrogen and oxygen atoms in total. The molecule has 0 aromatic heterocycles. The number of rotatable bonds is 0. The van der Waals surface area contributed by atoms with Crippen molar-refractivity contribution in [2.75, 3.05) is 0 Å². The van der Waals surface area contributed by atoms with Crippen molar-refractivity contribution in [3.8, 4) is 0 Å². The molecule has 8 heteroatoms. The molecule has 0 rings (SSSR count). The van der Waals surface area contributed by atoms with Crippen LogP contribution in [0.2, 0.25) is 0 Å². The molecule has 0 aromatic rings. The third kappa shape index (κ3) is 930. The number of phosphoric acid groups is 1. The third-order valence-corrected chi connectivity index (χ3v) is 0. The SMILES string of the molecule is O.O=P(O)(O)O.[O]=[V]. The summed E-state index contributed by atoms with van der Waals surface area (Å²) in [5, 5.41) is 0. The van der Waals surface area contributed by atoms with E-state index >= 15 is 0 Å². The van der Waals surface area contributed by atoms with Crippen LogP contribution in [0.15, 0.2) is 0 Å². The van der Waals surface area contributed by atoms with Crippen LogP contribution in [0.4, 0.5) is 0 Å². The molecule has 0 atom stereocenters. The van der Waals surface area contributed by atoms with E-state index in [2.05, 4.69) is 0 Å². The van der Waals surface area contributed by atoms with Crippen LogP contribution in [-0.4, -0.2) is 20.2 Å². The molecule has 0 radical (unpaired) electrons. The molecule has 0 aliphatic heterocycles. The van der Waals surface area contributed by atoms with Crippen LogP contribution in [0, 0.1) is 0 Å². The first-order chi connectivity index (χ1) is 3.00. The van der Waals surface area contributed by atoms with Crippen LogP contribution < -0.4 is 0 Å². The molecule has 0 spiro atoms. The van der Waals surface area contributed by atoms with E-state index in [1.54, 1.807) is 0 Å². The van der Waals surface area contributed by atoms with E-state index in [1.807, 2.05) is 0 Å². The maximum absolute atomic E-state index is 8.88. The van der Waals surface area contributed by atoms with Gasteiger partial charge in [0.2, 0.25) is 0 Å². The molecule has 0 unspecified atom stereocenters. The second-order valence-corrected chi connectivity index (χ2v) is 1.54. The zero-order valence-corrected chi connectivity index (χ0v) is 5.84. The fourth-order valence-electron chi connectivity index (χ4n) is 0. The van der Waals surface area contributed by atoms with Gasteiger partial charge in [-0.3, -0.25) is 0 Å². The zero-order chi connectivity index (χ0) is 6.50. The van der Waals surface area contributed by atoms with Crippen LogP contribution in [0.1, 0.15) is 0 Å². The zero-order valence-electron chi connectivity index (χ0n) is 3.55. The van der Waals surface area contributed by atoms with Gasteiger partial charge in [-0.05, 0) is 0 Å². The van der Waals surface area contributed by atoms with Crippen molar-refractivity contribution in [2.45, 2.75) is 0 Å². The van der Waals surface area contributed by atoms with E-state index in [9.17, 15) is 0 Å². The molecule has 0 aromatic carbocycles. The van der Waals surface area contributed by atoms with E-state index in [4.69, 9.17) is 22.9 Å². The molecule has 0 amide bonds. The van der Waals surface area contributed by atoms with E-state index < -0.39 is 7.82 Å². The Morgan fingerprint density at radius 3 is 1.12 bits per heavy atom. The molecular formula is H5O6PV. The second kappa shape index (κ2) is 7.45. The van der Waals surface area contributed by atoms with Gasteiger partial charge in [0.15, 0.2) is 0 Å². The van der Waals surface area contributed by atoms with Gasteiger partial charge in [-0.1, -0.05) is 0 Å². The summed E-state index contributed by atoms with van der Waals surface area (Å²) >= 11 is 1.06. The van der Waals surface area contributed by atoms with E-state index in [0.29, 0.717) is 0 Å². The normalized spacial score (nSPS) is 7.75. The van der Waals surface area contributed by atoms with Crippen LogP contribution in [0.3, 0.4) is 0 Å². The summed E-state index contributed by atoms with van der Waals surface area (Å²) in [5.74, 6) is 0. The van der Waals surface area contributed by atoms with E-state index in [0.717, 1.165) is 17.4 Å². The van der Waals surface area contributed by atoms with Gasteiger partial charge in [0.25, 0.3) is 0 Å². The molecule has 0 heterocycles. The van der Waals surface area contributed by atoms with Gasteiger partial charge in [-0.15, -0.1) is 0 Å². The van der Waals surface area contributed by atoms with Crippen LogP contribution in [-0.2, 0) is 25.6 Å². The van der Waals surface area contributed by atoms with Crippen LogP contribution in [0.5, 0.6) is 0 Å². The van der Waals surface area contributed by atoms with Crippen molar-refractivity contribution in [1.82, 2.24) is 0 Å². The fraction of sp³-hybridized carbons (Fsp3) is 0. The minimum atomic E-state index is -4.64. The number of hydrogen-bond donors (Lipinski definition) is 3. The predicted octanol–water partition coefficient (Wildman–Crippen LogP) is -1.87. The predicted molar refractivity (Wildman–Crippen MR) is 18.6 cm³/mol. The van der Waals surface area contributed by atoms with E-state index in [-0.39, 0.29) is 5.48 Å². The van der Waals surface area contributed by atoms with Crippen molar-refractivity contribution >= 4 is 7.82 Å². The summed E-state index contributed by atoms with van der Waals surface area (Å²) in [5.41, 5.74) is 0. The molecule has 5 N–H and O–H groups in total. The number of hydrogen-bond acceptors (Lipinski definition) is 2. The quantitative estimate of drug-likeness (QED) is 0.379. The van der Waals surface area contributed by atoms with Gasteiger partial charge in [0, 0.05) is 0 Å². The molecule has 0 bridgehead atoms. The molecular weight excluding hydrogens is 178 g/mol. The first-order valence-electron chi connectivity index (χ1n) is 0.965. The Morgan fingerprint density at radius 2 is 1.12 bits per heavy atom. The molecule has 0 aliphatic carbocycles. The van der Waals surface area contributed by atoms with E-state index in [1.165, 1.54) is 0 Å². The Kier molecular flexibility index (Phi) is 14.7. The molecule has 51 valence electrons.